The number of ether oxygens (including phenoxy) is 4. The molecule has 0 saturated carbocycles. The van der Waals surface area contributed by atoms with Crippen LogP contribution >= 0.6 is 0 Å². The molecule has 2 atom stereocenters. The Morgan fingerprint density at radius 3 is 1.88 bits per heavy atom. The highest BCUT2D eigenvalue weighted by Crippen LogP contribution is 2.15. The van der Waals surface area contributed by atoms with Crippen LogP contribution in [0.4, 0.5) is 0 Å². The van der Waals surface area contributed by atoms with Crippen molar-refractivity contribution in [2.45, 2.75) is 220 Å². The number of carbonyl (C=O) groups excluding carboxylic acids is 1. The lowest BCUT2D eigenvalue weighted by molar-refractivity contribution is -0.162. The quantitative estimate of drug-likeness (QED) is 0.0301. The third-order valence-corrected chi connectivity index (χ3v) is 11.0. The molecule has 1 aromatic heterocycles. The summed E-state index contributed by atoms with van der Waals surface area (Å²) in [6.07, 6.45) is 41.6. The molecule has 0 fully saturated rings. The minimum atomic E-state index is -0.811. The molecule has 0 bridgehead atoms. The Morgan fingerprint density at radius 2 is 1.27 bits per heavy atom. The van der Waals surface area contributed by atoms with E-state index in [4.69, 9.17) is 18.9 Å². The topological polar surface area (TPSA) is 95.3 Å². The molecule has 1 aromatic rings. The largest absolute Gasteiger partial charge is 0.465 e. The lowest BCUT2D eigenvalue weighted by atomic mass is 10.1. The van der Waals surface area contributed by atoms with Gasteiger partial charge in [0.15, 0.2) is 12.6 Å². The lowest BCUT2D eigenvalue weighted by Crippen LogP contribution is -2.34. The van der Waals surface area contributed by atoms with Crippen LogP contribution in [0, 0.1) is 12.8 Å². The third-order valence-electron chi connectivity index (χ3n) is 11.0. The van der Waals surface area contributed by atoms with E-state index in [1.165, 1.54) is 96.3 Å². The van der Waals surface area contributed by atoms with Gasteiger partial charge in [-0.1, -0.05) is 141 Å². The highest BCUT2D eigenvalue weighted by atomic mass is 16.7. The van der Waals surface area contributed by atoms with Gasteiger partial charge >= 0.3 is 5.97 Å². The van der Waals surface area contributed by atoms with Crippen molar-refractivity contribution in [3.63, 3.8) is 0 Å². The van der Waals surface area contributed by atoms with Crippen LogP contribution in [0.1, 0.15) is 200 Å². The Labute approximate surface area is 363 Å². The molecule has 1 N–H and O–H groups in total. The Kier molecular flexibility index (Phi) is 38.5. The number of rotatable bonds is 44. The van der Waals surface area contributed by atoms with Gasteiger partial charge in [-0.3, -0.25) is 4.79 Å². The molecule has 59 heavy (non-hydrogen) atoms. The van der Waals surface area contributed by atoms with E-state index in [0.29, 0.717) is 39.2 Å². The zero-order valence-corrected chi connectivity index (χ0v) is 39.1. The van der Waals surface area contributed by atoms with Crippen LogP contribution < -0.4 is 0 Å². The van der Waals surface area contributed by atoms with Crippen molar-refractivity contribution in [2.75, 3.05) is 46.6 Å². The molecule has 0 aromatic carbocycles. The summed E-state index contributed by atoms with van der Waals surface area (Å²) < 4.78 is 26.3. The second-order valence-corrected chi connectivity index (χ2v) is 16.9. The predicted octanol–water partition coefficient (Wildman–Crippen LogP) is 12.7. The number of allylic oxidation sites excluding steroid dienone is 4. The van der Waals surface area contributed by atoms with Gasteiger partial charge in [0.2, 0.25) is 0 Å². The Hall–Kier alpha value is -2.04. The number of hydrogen-bond acceptors (Lipinski definition) is 8. The summed E-state index contributed by atoms with van der Waals surface area (Å²) in [6, 6.07) is 0. The summed E-state index contributed by atoms with van der Waals surface area (Å²) in [7, 11) is 2.10. The minimum Gasteiger partial charge on any atom is -0.465 e. The summed E-state index contributed by atoms with van der Waals surface area (Å²) in [4.78, 5) is 19.7. The SMILES string of the molecule is CCCCC/C=C\C/C=C\CCCCCCCC(O)OCC(COC(=O)CCC(OCCCCCCCC)OCCCCCCCC)CN(C)CCCn1ccnc1C. The number of esters is 1. The normalized spacial score (nSPS) is 13.2. The van der Waals surface area contributed by atoms with Crippen LogP contribution in [0.3, 0.4) is 0 Å². The summed E-state index contributed by atoms with van der Waals surface area (Å²) in [5, 5.41) is 10.7. The first-order chi connectivity index (χ1) is 28.9. The maximum Gasteiger partial charge on any atom is 0.305 e. The van der Waals surface area contributed by atoms with E-state index in [1.54, 1.807) is 0 Å². The third kappa shape index (κ3) is 35.3. The van der Waals surface area contributed by atoms with Crippen molar-refractivity contribution in [3.05, 3.63) is 42.5 Å². The van der Waals surface area contributed by atoms with E-state index in [0.717, 1.165) is 76.7 Å². The number of aromatic nitrogens is 2. The van der Waals surface area contributed by atoms with Crippen molar-refractivity contribution in [2.24, 2.45) is 5.92 Å². The lowest BCUT2D eigenvalue weighted by Gasteiger charge is -2.25. The van der Waals surface area contributed by atoms with Gasteiger partial charge in [0.05, 0.1) is 19.6 Å². The molecule has 0 amide bonds. The average Bonchev–Trinajstić information content (AvgIpc) is 3.64. The van der Waals surface area contributed by atoms with E-state index < -0.39 is 6.29 Å². The summed E-state index contributed by atoms with van der Waals surface area (Å²) >= 11 is 0. The first kappa shape index (κ1) is 55.0. The molecular formula is C50H93N3O6. The molecule has 1 rings (SSSR count). The smallest absolute Gasteiger partial charge is 0.305 e. The van der Waals surface area contributed by atoms with E-state index in [2.05, 4.69) is 66.6 Å². The van der Waals surface area contributed by atoms with Crippen LogP contribution in [-0.2, 0) is 30.3 Å². The average molecular weight is 832 g/mol. The highest BCUT2D eigenvalue weighted by Gasteiger charge is 2.19. The number of imidazole rings is 1. The van der Waals surface area contributed by atoms with Gasteiger partial charge in [0.25, 0.3) is 0 Å². The molecule has 9 nitrogen and oxygen atoms in total. The molecule has 0 spiro atoms. The van der Waals surface area contributed by atoms with Crippen molar-refractivity contribution >= 4 is 5.97 Å². The van der Waals surface area contributed by atoms with E-state index in [-0.39, 0.29) is 31.2 Å². The van der Waals surface area contributed by atoms with E-state index in [9.17, 15) is 9.90 Å². The number of carbonyl (C=O) groups is 1. The van der Waals surface area contributed by atoms with Gasteiger partial charge in [-0.2, -0.15) is 0 Å². The molecule has 1 heterocycles. The van der Waals surface area contributed by atoms with Gasteiger partial charge in [-0.15, -0.1) is 0 Å². The maximum atomic E-state index is 13.1. The zero-order chi connectivity index (χ0) is 42.9. The van der Waals surface area contributed by atoms with Gasteiger partial charge in [-0.25, -0.2) is 4.98 Å². The molecule has 0 aliphatic heterocycles. The number of aliphatic hydroxyl groups is 1. The molecular weight excluding hydrogens is 739 g/mol. The first-order valence-electron chi connectivity index (χ1n) is 24.5. The Morgan fingerprint density at radius 1 is 0.712 bits per heavy atom. The maximum absolute atomic E-state index is 13.1. The zero-order valence-electron chi connectivity index (χ0n) is 39.1. The number of aryl methyl sites for hydroxylation is 2. The second-order valence-electron chi connectivity index (χ2n) is 16.9. The number of nitrogens with zero attached hydrogens (tertiary/aromatic N) is 3. The van der Waals surface area contributed by atoms with E-state index >= 15 is 0 Å². The number of aliphatic hydroxyl groups excluding tert-OH is 1. The summed E-state index contributed by atoms with van der Waals surface area (Å²) in [5.41, 5.74) is 0. The Bertz CT molecular complexity index is 1090. The van der Waals surface area contributed by atoms with Crippen LogP contribution in [0.25, 0.3) is 0 Å². The van der Waals surface area contributed by atoms with E-state index in [1.807, 2.05) is 19.3 Å². The fourth-order valence-electron chi connectivity index (χ4n) is 7.23. The Balaban J connectivity index is 2.52. The predicted molar refractivity (Wildman–Crippen MR) is 247 cm³/mol. The standard InChI is InChI=1S/C50H93N3O6/c1-6-9-12-15-18-19-20-21-22-23-24-25-26-27-30-34-48(54)58-44-47(43-52(5)38-33-39-53-40-37-51-46(53)4)45-59-49(55)35-36-50(56-41-31-28-16-13-10-7-2)57-42-32-29-17-14-11-8-3/h18-19,21-22,37,40,47-48,50,54H,6-17,20,23-36,38-39,41-45H2,1-5H3/b19-18-,22-21-. The van der Waals surface area contributed by atoms with Crippen LogP contribution in [-0.4, -0.2) is 84.7 Å². The van der Waals surface area contributed by atoms with Gasteiger partial charge in [0.1, 0.15) is 5.82 Å². The summed E-state index contributed by atoms with van der Waals surface area (Å²) in [5.74, 6) is 0.726. The molecule has 0 saturated heterocycles. The van der Waals surface area contributed by atoms with Crippen LogP contribution in [0.2, 0.25) is 0 Å². The van der Waals surface area contributed by atoms with Gasteiger partial charge < -0.3 is 33.5 Å². The van der Waals surface area contributed by atoms with Crippen molar-refractivity contribution in [1.29, 1.82) is 0 Å². The molecule has 0 aliphatic carbocycles. The molecule has 9 heteroatoms. The molecule has 0 radical (unpaired) electrons. The highest BCUT2D eigenvalue weighted by molar-refractivity contribution is 5.69. The van der Waals surface area contributed by atoms with Crippen molar-refractivity contribution < 1.29 is 28.8 Å². The summed E-state index contributed by atoms with van der Waals surface area (Å²) in [6.45, 7) is 13.2. The second kappa shape index (κ2) is 41.3. The fourth-order valence-corrected chi connectivity index (χ4v) is 7.23. The molecule has 2 unspecified atom stereocenters. The van der Waals surface area contributed by atoms with Gasteiger partial charge in [-0.05, 0) is 84.7 Å². The van der Waals surface area contributed by atoms with Crippen molar-refractivity contribution in [3.8, 4) is 0 Å². The monoisotopic (exact) mass is 832 g/mol. The fraction of sp³-hybridized carbons (Fsp3) is 0.840. The van der Waals surface area contributed by atoms with Crippen LogP contribution in [0.5, 0.6) is 0 Å². The van der Waals surface area contributed by atoms with Crippen molar-refractivity contribution in [1.82, 2.24) is 14.5 Å². The first-order valence-corrected chi connectivity index (χ1v) is 24.5. The molecule has 344 valence electrons. The van der Waals surface area contributed by atoms with Crippen LogP contribution in [0.15, 0.2) is 36.7 Å². The number of hydrogen-bond donors (Lipinski definition) is 1. The van der Waals surface area contributed by atoms with Gasteiger partial charge in [0, 0.05) is 51.0 Å². The molecule has 0 aliphatic rings. The number of unbranched alkanes of at least 4 members (excludes halogenated alkanes) is 18. The minimum absolute atomic E-state index is 0.0538.